The van der Waals surface area contributed by atoms with E-state index in [0.717, 1.165) is 12.8 Å². The van der Waals surface area contributed by atoms with Crippen LogP contribution in [-0.2, 0) is 9.53 Å². The molecule has 4 nitrogen and oxygen atoms in total. The molecular weight excluding hydrogens is 364 g/mol. The van der Waals surface area contributed by atoms with Gasteiger partial charge in [0.1, 0.15) is 12.7 Å². The normalized spacial score (nSPS) is 10.9. The highest BCUT2D eigenvalue weighted by Crippen LogP contribution is 2.13. The van der Waals surface area contributed by atoms with Crippen molar-refractivity contribution in [3.63, 3.8) is 0 Å². The summed E-state index contributed by atoms with van der Waals surface area (Å²) in [5, 5.41) is 17.7. The molecule has 174 valence electrons. The number of ether oxygens (including phenoxy) is 1. The molecule has 4 heteroatoms. The fourth-order valence-corrected chi connectivity index (χ4v) is 2.95. The molecule has 0 heterocycles. The van der Waals surface area contributed by atoms with Crippen molar-refractivity contribution in [2.45, 2.75) is 116 Å². The third-order valence-electron chi connectivity index (χ3n) is 4.63. The van der Waals surface area contributed by atoms with Crippen LogP contribution in [0, 0.1) is 0 Å². The molecule has 0 amide bonds. The number of rotatable bonds is 19. The van der Waals surface area contributed by atoms with Gasteiger partial charge in [0, 0.05) is 6.42 Å². The van der Waals surface area contributed by atoms with Gasteiger partial charge in [-0.15, -0.1) is 26.3 Å². The Labute approximate surface area is 181 Å². The minimum Gasteiger partial charge on any atom is -0.463 e. The second kappa shape index (κ2) is 31.6. The van der Waals surface area contributed by atoms with E-state index in [4.69, 9.17) is 14.9 Å². The lowest BCUT2D eigenvalue weighted by atomic mass is 10.0. The van der Waals surface area contributed by atoms with Crippen molar-refractivity contribution in [1.29, 1.82) is 0 Å². The number of aliphatic hydroxyl groups excluding tert-OH is 2. The minimum atomic E-state index is -0.954. The maximum Gasteiger partial charge on any atom is 0.305 e. The van der Waals surface area contributed by atoms with Crippen LogP contribution in [0.25, 0.3) is 0 Å². The fraction of sp³-hybridized carbons (Fsp3) is 0.800. The molecule has 2 N–H and O–H groups in total. The van der Waals surface area contributed by atoms with Crippen molar-refractivity contribution in [1.82, 2.24) is 0 Å². The van der Waals surface area contributed by atoms with Crippen LogP contribution >= 0.6 is 0 Å². The highest BCUT2D eigenvalue weighted by atomic mass is 16.5. The minimum absolute atomic E-state index is 0.103. The molecule has 0 aromatic rings. The second-order valence-electron chi connectivity index (χ2n) is 7.22. The first kappa shape index (κ1) is 32.5. The lowest BCUT2D eigenvalue weighted by molar-refractivity contribution is -0.147. The molecule has 0 aromatic heterocycles. The first-order valence-electron chi connectivity index (χ1n) is 11.6. The Balaban J connectivity index is -0.00000158. The van der Waals surface area contributed by atoms with Crippen LogP contribution in [0.15, 0.2) is 26.3 Å². The molecule has 1 atom stereocenters. The standard InChI is InChI=1S/C21H42O4.2C2H4/c1-2-3-4-5-6-7-8-9-10-11-12-13-14-15-16-17-21(24)25-19-20(23)18-22;2*1-2/h20,22-23H,2-19H2,1H3;2*1-2H2. The zero-order chi connectivity index (χ0) is 22.6. The fourth-order valence-electron chi connectivity index (χ4n) is 2.95. The van der Waals surface area contributed by atoms with Gasteiger partial charge in [-0.05, 0) is 6.42 Å². The van der Waals surface area contributed by atoms with Gasteiger partial charge < -0.3 is 14.9 Å². The molecule has 1 unspecified atom stereocenters. The summed E-state index contributed by atoms with van der Waals surface area (Å²) in [6.45, 7) is 13.8. The Morgan fingerprint density at radius 1 is 0.724 bits per heavy atom. The molecule has 0 aliphatic carbocycles. The Bertz CT molecular complexity index is 305. The number of hydrogen-bond acceptors (Lipinski definition) is 4. The van der Waals surface area contributed by atoms with Gasteiger partial charge in [-0.3, -0.25) is 4.79 Å². The molecule has 0 spiro atoms. The Morgan fingerprint density at radius 2 is 1.07 bits per heavy atom. The van der Waals surface area contributed by atoms with E-state index in [-0.39, 0.29) is 19.2 Å². The molecule has 29 heavy (non-hydrogen) atoms. The number of carbonyl (C=O) groups is 1. The molecular formula is C25H50O4. The molecule has 0 radical (unpaired) electrons. The van der Waals surface area contributed by atoms with E-state index < -0.39 is 6.10 Å². The van der Waals surface area contributed by atoms with Gasteiger partial charge in [-0.1, -0.05) is 96.8 Å². The lowest BCUT2D eigenvalue weighted by Crippen LogP contribution is -2.21. The van der Waals surface area contributed by atoms with E-state index in [2.05, 4.69) is 33.2 Å². The van der Waals surface area contributed by atoms with Crippen LogP contribution in [0.5, 0.6) is 0 Å². The predicted molar refractivity (Wildman–Crippen MR) is 126 cm³/mol. The summed E-state index contributed by atoms with van der Waals surface area (Å²) in [6.07, 6.45) is 19.0. The summed E-state index contributed by atoms with van der Waals surface area (Å²) in [5.74, 6) is -0.276. The van der Waals surface area contributed by atoms with Crippen molar-refractivity contribution in [2.75, 3.05) is 13.2 Å². The first-order valence-corrected chi connectivity index (χ1v) is 11.6. The average molecular weight is 415 g/mol. The predicted octanol–water partition coefficient (Wildman–Crippen LogP) is 6.75. The zero-order valence-corrected chi connectivity index (χ0v) is 19.3. The van der Waals surface area contributed by atoms with Crippen molar-refractivity contribution < 1.29 is 19.7 Å². The van der Waals surface area contributed by atoms with Crippen LogP contribution in [0.1, 0.15) is 110 Å². The van der Waals surface area contributed by atoms with Crippen molar-refractivity contribution in [3.05, 3.63) is 26.3 Å². The average Bonchev–Trinajstić information content (AvgIpc) is 2.77. The number of unbranched alkanes of at least 4 members (excludes halogenated alkanes) is 14. The third-order valence-corrected chi connectivity index (χ3v) is 4.63. The molecule has 0 bridgehead atoms. The zero-order valence-electron chi connectivity index (χ0n) is 19.3. The number of hydrogen-bond donors (Lipinski definition) is 2. The van der Waals surface area contributed by atoms with Gasteiger partial charge in [0.2, 0.25) is 0 Å². The summed E-state index contributed by atoms with van der Waals surface area (Å²) in [4.78, 5) is 11.4. The highest BCUT2D eigenvalue weighted by Gasteiger charge is 2.07. The number of esters is 1. The largest absolute Gasteiger partial charge is 0.463 e. The highest BCUT2D eigenvalue weighted by molar-refractivity contribution is 5.69. The Hall–Kier alpha value is -1.13. The van der Waals surface area contributed by atoms with Gasteiger partial charge in [0.25, 0.3) is 0 Å². The van der Waals surface area contributed by atoms with E-state index in [1.807, 2.05) is 0 Å². The van der Waals surface area contributed by atoms with Crippen LogP contribution in [0.4, 0.5) is 0 Å². The van der Waals surface area contributed by atoms with E-state index in [1.54, 1.807) is 0 Å². The summed E-state index contributed by atoms with van der Waals surface area (Å²) < 4.78 is 4.86. The lowest BCUT2D eigenvalue weighted by Gasteiger charge is -2.08. The van der Waals surface area contributed by atoms with Crippen molar-refractivity contribution >= 4 is 5.97 Å². The summed E-state index contributed by atoms with van der Waals surface area (Å²) in [7, 11) is 0. The molecule has 0 saturated carbocycles. The quantitative estimate of drug-likeness (QED) is 0.139. The molecule has 0 rings (SSSR count). The maximum absolute atomic E-state index is 11.4. The van der Waals surface area contributed by atoms with E-state index in [1.165, 1.54) is 83.5 Å². The van der Waals surface area contributed by atoms with Gasteiger partial charge in [-0.2, -0.15) is 0 Å². The van der Waals surface area contributed by atoms with Crippen LogP contribution in [0.3, 0.4) is 0 Å². The van der Waals surface area contributed by atoms with E-state index in [0.29, 0.717) is 6.42 Å². The van der Waals surface area contributed by atoms with Crippen LogP contribution in [-0.4, -0.2) is 35.5 Å². The molecule has 0 aliphatic heterocycles. The van der Waals surface area contributed by atoms with Gasteiger partial charge in [0.15, 0.2) is 0 Å². The number of carbonyl (C=O) groups excluding carboxylic acids is 1. The maximum atomic E-state index is 11.4. The Morgan fingerprint density at radius 3 is 1.41 bits per heavy atom. The van der Waals surface area contributed by atoms with Crippen molar-refractivity contribution in [3.8, 4) is 0 Å². The van der Waals surface area contributed by atoms with Crippen LogP contribution in [0.2, 0.25) is 0 Å². The Kier molecular flexibility index (Phi) is 35.4. The third kappa shape index (κ3) is 31.8. The summed E-state index contributed by atoms with van der Waals surface area (Å²) in [5.41, 5.74) is 0. The SMILES string of the molecule is C=C.C=C.CCCCCCCCCCCCCCCCCC(=O)OCC(O)CO. The van der Waals surface area contributed by atoms with Gasteiger partial charge >= 0.3 is 5.97 Å². The van der Waals surface area contributed by atoms with Gasteiger partial charge in [-0.25, -0.2) is 0 Å². The van der Waals surface area contributed by atoms with Gasteiger partial charge in [0.05, 0.1) is 6.61 Å². The van der Waals surface area contributed by atoms with Crippen LogP contribution < -0.4 is 0 Å². The van der Waals surface area contributed by atoms with E-state index in [9.17, 15) is 4.79 Å². The second-order valence-corrected chi connectivity index (χ2v) is 7.22. The topological polar surface area (TPSA) is 66.8 Å². The molecule has 0 aromatic carbocycles. The van der Waals surface area contributed by atoms with Crippen molar-refractivity contribution in [2.24, 2.45) is 0 Å². The summed E-state index contributed by atoms with van der Waals surface area (Å²) in [6, 6.07) is 0. The smallest absolute Gasteiger partial charge is 0.305 e. The molecule has 0 aliphatic rings. The first-order chi connectivity index (χ1) is 14.2. The molecule has 0 fully saturated rings. The molecule has 0 saturated heterocycles. The number of aliphatic hydroxyl groups is 2. The monoisotopic (exact) mass is 414 g/mol. The van der Waals surface area contributed by atoms with E-state index >= 15 is 0 Å². The summed E-state index contributed by atoms with van der Waals surface area (Å²) >= 11 is 0.